The molecule has 0 amide bonds. The Balaban J connectivity index is 3.63. The molecule has 0 aliphatic heterocycles. The monoisotopic (exact) mass is 144 g/mol. The van der Waals surface area contributed by atoms with Crippen LogP contribution in [-0.2, 0) is 0 Å². The van der Waals surface area contributed by atoms with Gasteiger partial charge in [-0.1, -0.05) is 13.8 Å². The van der Waals surface area contributed by atoms with Crippen molar-refractivity contribution < 1.29 is 4.48 Å². The van der Waals surface area contributed by atoms with Gasteiger partial charge in [0, 0.05) is 5.92 Å². The third-order valence-electron chi connectivity index (χ3n) is 1.96. The van der Waals surface area contributed by atoms with Crippen LogP contribution in [0.3, 0.4) is 0 Å². The van der Waals surface area contributed by atoms with Gasteiger partial charge in [-0.05, 0) is 12.8 Å². The zero-order chi connectivity index (χ0) is 8.20. The van der Waals surface area contributed by atoms with Crippen LogP contribution in [0.2, 0.25) is 0 Å². The zero-order valence-electron chi connectivity index (χ0n) is 8.15. The van der Waals surface area contributed by atoms with Crippen molar-refractivity contribution in [2.45, 2.75) is 26.7 Å². The molecule has 0 saturated heterocycles. The summed E-state index contributed by atoms with van der Waals surface area (Å²) >= 11 is 0. The van der Waals surface area contributed by atoms with Crippen molar-refractivity contribution in [3.63, 3.8) is 0 Å². The Kier molecular flexibility index (Phi) is 3.95. The van der Waals surface area contributed by atoms with Gasteiger partial charge in [0.25, 0.3) is 0 Å². The van der Waals surface area contributed by atoms with Gasteiger partial charge >= 0.3 is 0 Å². The highest BCUT2D eigenvalue weighted by Gasteiger charge is 2.13. The first-order valence-corrected chi connectivity index (χ1v) is 4.30. The summed E-state index contributed by atoms with van der Waals surface area (Å²) in [6.07, 6.45) is 2.65. The molecule has 0 rings (SSSR count). The Morgan fingerprint density at radius 1 is 1.00 bits per heavy atom. The fourth-order valence-electron chi connectivity index (χ4n) is 1.32. The van der Waals surface area contributed by atoms with Crippen molar-refractivity contribution in [1.82, 2.24) is 0 Å². The lowest BCUT2D eigenvalue weighted by atomic mass is 10.0. The summed E-state index contributed by atoms with van der Waals surface area (Å²) in [5.74, 6) is 0.917. The highest BCUT2D eigenvalue weighted by molar-refractivity contribution is 4.51. The number of nitrogens with zero attached hydrogens (tertiary/aromatic N) is 1. The van der Waals surface area contributed by atoms with Crippen molar-refractivity contribution in [2.24, 2.45) is 5.92 Å². The van der Waals surface area contributed by atoms with E-state index in [0.29, 0.717) is 0 Å². The molecule has 0 radical (unpaired) electrons. The Morgan fingerprint density at radius 3 is 1.50 bits per heavy atom. The Hall–Kier alpha value is -0.0400. The topological polar surface area (TPSA) is 0 Å². The van der Waals surface area contributed by atoms with Gasteiger partial charge < -0.3 is 4.48 Å². The van der Waals surface area contributed by atoms with Gasteiger partial charge in [-0.3, -0.25) is 0 Å². The molecule has 0 aromatic carbocycles. The van der Waals surface area contributed by atoms with Crippen molar-refractivity contribution in [1.29, 1.82) is 0 Å². The first-order chi connectivity index (χ1) is 4.49. The van der Waals surface area contributed by atoms with Crippen LogP contribution >= 0.6 is 0 Å². The quantitative estimate of drug-likeness (QED) is 0.530. The van der Waals surface area contributed by atoms with Crippen LogP contribution in [-0.4, -0.2) is 32.2 Å². The first-order valence-electron chi connectivity index (χ1n) is 4.30. The lowest BCUT2D eigenvalue weighted by Crippen LogP contribution is -2.38. The summed E-state index contributed by atoms with van der Waals surface area (Å²) in [4.78, 5) is 0. The highest BCUT2D eigenvalue weighted by atomic mass is 15.3. The fourth-order valence-corrected chi connectivity index (χ4v) is 1.32. The minimum absolute atomic E-state index is 0.917. The van der Waals surface area contributed by atoms with E-state index < -0.39 is 0 Å². The molecule has 1 heteroatoms. The summed E-state index contributed by atoms with van der Waals surface area (Å²) in [7, 11) is 6.79. The Labute approximate surface area is 65.6 Å². The van der Waals surface area contributed by atoms with Gasteiger partial charge in [0.05, 0.1) is 27.7 Å². The number of rotatable bonds is 4. The predicted octanol–water partition coefficient (Wildman–Crippen LogP) is 2.13. The molecule has 0 aromatic rings. The van der Waals surface area contributed by atoms with Crippen LogP contribution in [0.5, 0.6) is 0 Å². The third-order valence-corrected chi connectivity index (χ3v) is 1.96. The molecule has 62 valence electrons. The maximum atomic E-state index is 2.28. The molecule has 0 unspecified atom stereocenters. The SMILES string of the molecule is CCC(CC)C[N+](C)(C)C. The lowest BCUT2D eigenvalue weighted by molar-refractivity contribution is -0.873. The number of hydrogen-bond donors (Lipinski definition) is 0. The zero-order valence-corrected chi connectivity index (χ0v) is 8.15. The molecule has 0 atom stereocenters. The van der Waals surface area contributed by atoms with E-state index in [-0.39, 0.29) is 0 Å². The average molecular weight is 144 g/mol. The van der Waals surface area contributed by atoms with E-state index in [1.54, 1.807) is 0 Å². The molecule has 0 aliphatic rings. The summed E-state index contributed by atoms with van der Waals surface area (Å²) in [6, 6.07) is 0. The van der Waals surface area contributed by atoms with E-state index in [2.05, 4.69) is 35.0 Å². The van der Waals surface area contributed by atoms with Gasteiger partial charge in [-0.15, -0.1) is 0 Å². The molecule has 0 saturated carbocycles. The highest BCUT2D eigenvalue weighted by Crippen LogP contribution is 2.10. The molecular formula is C9H22N+. The van der Waals surface area contributed by atoms with Gasteiger partial charge in [-0.25, -0.2) is 0 Å². The van der Waals surface area contributed by atoms with Crippen molar-refractivity contribution >= 4 is 0 Å². The van der Waals surface area contributed by atoms with Crippen LogP contribution in [0.4, 0.5) is 0 Å². The molecule has 0 N–H and O–H groups in total. The first kappa shape index (κ1) is 9.96. The number of hydrogen-bond acceptors (Lipinski definition) is 0. The van der Waals surface area contributed by atoms with Gasteiger partial charge in [0.15, 0.2) is 0 Å². The van der Waals surface area contributed by atoms with Crippen LogP contribution in [0.1, 0.15) is 26.7 Å². The summed E-state index contributed by atoms with van der Waals surface area (Å²) in [5, 5.41) is 0. The van der Waals surface area contributed by atoms with Crippen molar-refractivity contribution in [2.75, 3.05) is 27.7 Å². The van der Waals surface area contributed by atoms with Crippen LogP contribution < -0.4 is 0 Å². The summed E-state index contributed by atoms with van der Waals surface area (Å²) < 4.78 is 1.10. The van der Waals surface area contributed by atoms with Crippen molar-refractivity contribution in [3.8, 4) is 0 Å². The predicted molar refractivity (Wildman–Crippen MR) is 47.0 cm³/mol. The molecule has 0 aliphatic carbocycles. The number of quaternary nitrogens is 1. The second kappa shape index (κ2) is 3.97. The van der Waals surface area contributed by atoms with E-state index in [1.165, 1.54) is 19.4 Å². The van der Waals surface area contributed by atoms with Gasteiger partial charge in [0.1, 0.15) is 0 Å². The Bertz CT molecular complexity index is 77.2. The smallest absolute Gasteiger partial charge is 0.0808 e. The van der Waals surface area contributed by atoms with Crippen molar-refractivity contribution in [3.05, 3.63) is 0 Å². The van der Waals surface area contributed by atoms with Gasteiger partial charge in [0.2, 0.25) is 0 Å². The fraction of sp³-hybridized carbons (Fsp3) is 1.00. The second-order valence-electron chi connectivity index (χ2n) is 4.16. The molecule has 10 heavy (non-hydrogen) atoms. The molecule has 0 aromatic heterocycles. The van der Waals surface area contributed by atoms with Crippen LogP contribution in [0.25, 0.3) is 0 Å². The van der Waals surface area contributed by atoms with Gasteiger partial charge in [-0.2, -0.15) is 0 Å². The molecule has 1 nitrogen and oxygen atoms in total. The normalized spacial score (nSPS) is 12.6. The second-order valence-corrected chi connectivity index (χ2v) is 4.16. The molecule has 0 heterocycles. The van der Waals surface area contributed by atoms with E-state index >= 15 is 0 Å². The van der Waals surface area contributed by atoms with Crippen LogP contribution in [0.15, 0.2) is 0 Å². The Morgan fingerprint density at radius 2 is 1.40 bits per heavy atom. The molecular weight excluding hydrogens is 122 g/mol. The molecule has 0 bridgehead atoms. The minimum Gasteiger partial charge on any atom is -0.331 e. The van der Waals surface area contributed by atoms with E-state index in [4.69, 9.17) is 0 Å². The molecule has 0 fully saturated rings. The standard InChI is InChI=1S/C9H22N/c1-6-9(7-2)8-10(3,4)5/h9H,6-8H2,1-5H3/q+1. The van der Waals surface area contributed by atoms with E-state index in [1.807, 2.05) is 0 Å². The van der Waals surface area contributed by atoms with E-state index in [0.717, 1.165) is 10.4 Å². The minimum atomic E-state index is 0.917. The maximum absolute atomic E-state index is 2.28. The third kappa shape index (κ3) is 4.80. The largest absolute Gasteiger partial charge is 0.331 e. The summed E-state index contributed by atoms with van der Waals surface area (Å²) in [6.45, 7) is 5.88. The van der Waals surface area contributed by atoms with Crippen LogP contribution in [0, 0.1) is 5.92 Å². The maximum Gasteiger partial charge on any atom is 0.0808 e. The summed E-state index contributed by atoms with van der Waals surface area (Å²) in [5.41, 5.74) is 0. The average Bonchev–Trinajstić information content (AvgIpc) is 1.81. The van der Waals surface area contributed by atoms with E-state index in [9.17, 15) is 0 Å². The molecule has 0 spiro atoms. The lowest BCUT2D eigenvalue weighted by Gasteiger charge is -2.28.